The largest absolute Gasteiger partial charge is 0.347 e. The molecule has 3 amide bonds. The monoisotopic (exact) mass is 287 g/mol. The van der Waals surface area contributed by atoms with Crippen LogP contribution < -0.4 is 5.32 Å². The van der Waals surface area contributed by atoms with Gasteiger partial charge < -0.3 is 15.1 Å². The van der Waals surface area contributed by atoms with Crippen LogP contribution in [-0.4, -0.2) is 59.7 Å². The number of benzene rings is 1. The van der Waals surface area contributed by atoms with Crippen LogP contribution in [0.15, 0.2) is 30.3 Å². The molecule has 0 spiro atoms. The summed E-state index contributed by atoms with van der Waals surface area (Å²) in [7, 11) is 1.62. The maximum Gasteiger partial charge on any atom is 0.251 e. The highest BCUT2D eigenvalue weighted by Gasteiger charge is 2.47. The van der Waals surface area contributed by atoms with Crippen LogP contribution in [0.3, 0.4) is 0 Å². The van der Waals surface area contributed by atoms with Gasteiger partial charge in [-0.05, 0) is 18.6 Å². The summed E-state index contributed by atoms with van der Waals surface area (Å²) >= 11 is 0. The molecule has 2 aliphatic heterocycles. The lowest BCUT2D eigenvalue weighted by atomic mass is 10.1. The third-order valence-electron chi connectivity index (χ3n) is 4.07. The number of hydrogen-bond donors (Lipinski definition) is 1. The molecule has 6 heteroatoms. The SMILES string of the molecule is CN1CC(=O)N2CCC(NC(=O)c3ccccc3)C2C1=O. The highest BCUT2D eigenvalue weighted by Crippen LogP contribution is 2.24. The van der Waals surface area contributed by atoms with E-state index in [1.807, 2.05) is 6.07 Å². The summed E-state index contributed by atoms with van der Waals surface area (Å²) in [4.78, 5) is 39.4. The highest BCUT2D eigenvalue weighted by atomic mass is 16.2. The van der Waals surface area contributed by atoms with Crippen LogP contribution >= 0.6 is 0 Å². The summed E-state index contributed by atoms with van der Waals surface area (Å²) in [6.45, 7) is 0.636. The van der Waals surface area contributed by atoms with Crippen LogP contribution in [0.5, 0.6) is 0 Å². The smallest absolute Gasteiger partial charge is 0.251 e. The zero-order valence-electron chi connectivity index (χ0n) is 11.8. The lowest BCUT2D eigenvalue weighted by Gasteiger charge is -2.36. The fourth-order valence-corrected chi connectivity index (χ4v) is 2.97. The number of rotatable bonds is 2. The molecule has 2 heterocycles. The molecule has 3 rings (SSSR count). The van der Waals surface area contributed by atoms with Crippen molar-refractivity contribution in [1.29, 1.82) is 0 Å². The molecule has 2 unspecified atom stereocenters. The minimum atomic E-state index is -0.566. The van der Waals surface area contributed by atoms with Crippen molar-refractivity contribution in [1.82, 2.24) is 15.1 Å². The van der Waals surface area contributed by atoms with Crippen LogP contribution in [0.2, 0.25) is 0 Å². The first-order valence-corrected chi connectivity index (χ1v) is 6.98. The van der Waals surface area contributed by atoms with E-state index in [2.05, 4.69) is 5.32 Å². The molecule has 21 heavy (non-hydrogen) atoms. The Labute approximate surface area is 122 Å². The van der Waals surface area contributed by atoms with E-state index in [9.17, 15) is 14.4 Å². The summed E-state index contributed by atoms with van der Waals surface area (Å²) < 4.78 is 0. The minimum absolute atomic E-state index is 0.0569. The van der Waals surface area contributed by atoms with Crippen LogP contribution in [0.1, 0.15) is 16.8 Å². The molecule has 0 aromatic heterocycles. The van der Waals surface area contributed by atoms with Gasteiger partial charge in [-0.1, -0.05) is 18.2 Å². The molecule has 2 atom stereocenters. The lowest BCUT2D eigenvalue weighted by Crippen LogP contribution is -2.61. The van der Waals surface area contributed by atoms with Crippen LogP contribution in [0.25, 0.3) is 0 Å². The van der Waals surface area contributed by atoms with Gasteiger partial charge in [0.25, 0.3) is 5.91 Å². The first kappa shape index (κ1) is 13.6. The molecule has 6 nitrogen and oxygen atoms in total. The number of nitrogens with one attached hydrogen (secondary N) is 1. The van der Waals surface area contributed by atoms with Gasteiger partial charge in [0, 0.05) is 19.2 Å². The van der Waals surface area contributed by atoms with Gasteiger partial charge in [-0.25, -0.2) is 0 Å². The van der Waals surface area contributed by atoms with Crippen LogP contribution in [-0.2, 0) is 9.59 Å². The second-order valence-corrected chi connectivity index (χ2v) is 5.46. The van der Waals surface area contributed by atoms with Gasteiger partial charge in [-0.3, -0.25) is 14.4 Å². The molecular weight excluding hydrogens is 270 g/mol. The Kier molecular flexibility index (Phi) is 3.37. The van der Waals surface area contributed by atoms with Gasteiger partial charge >= 0.3 is 0 Å². The normalized spacial score (nSPS) is 25.0. The summed E-state index contributed by atoms with van der Waals surface area (Å²) in [6.07, 6.45) is 0.606. The van der Waals surface area contributed by atoms with Gasteiger partial charge in [0.1, 0.15) is 6.04 Å². The molecule has 2 saturated heterocycles. The van der Waals surface area contributed by atoms with Gasteiger partial charge in [-0.2, -0.15) is 0 Å². The van der Waals surface area contributed by atoms with E-state index in [1.54, 1.807) is 36.2 Å². The van der Waals surface area contributed by atoms with E-state index in [0.717, 1.165) is 0 Å². The van der Waals surface area contributed by atoms with Crippen LogP contribution in [0, 0.1) is 0 Å². The average Bonchev–Trinajstić information content (AvgIpc) is 2.90. The molecule has 0 aliphatic carbocycles. The molecular formula is C15H17N3O3. The summed E-state index contributed by atoms with van der Waals surface area (Å²) in [5.41, 5.74) is 0.555. The molecule has 0 radical (unpaired) electrons. The Bertz CT molecular complexity index is 587. The number of carbonyl (C=O) groups is 3. The topological polar surface area (TPSA) is 69.7 Å². The minimum Gasteiger partial charge on any atom is -0.347 e. The second-order valence-electron chi connectivity index (χ2n) is 5.46. The fraction of sp³-hybridized carbons (Fsp3) is 0.400. The maximum absolute atomic E-state index is 12.3. The van der Waals surface area contributed by atoms with E-state index in [0.29, 0.717) is 18.5 Å². The third kappa shape index (κ3) is 2.37. The van der Waals surface area contributed by atoms with Crippen molar-refractivity contribution < 1.29 is 14.4 Å². The predicted molar refractivity (Wildman–Crippen MR) is 75.5 cm³/mol. The molecule has 1 aromatic rings. The van der Waals surface area contributed by atoms with E-state index in [-0.39, 0.29) is 30.3 Å². The standard InChI is InChI=1S/C15H17N3O3/c1-17-9-12(19)18-8-7-11(13(18)15(17)21)16-14(20)10-5-3-2-4-6-10/h2-6,11,13H,7-9H2,1H3,(H,16,20). The number of fused-ring (bicyclic) bond motifs is 1. The van der Waals surface area contributed by atoms with E-state index in [4.69, 9.17) is 0 Å². The second kappa shape index (κ2) is 5.20. The zero-order chi connectivity index (χ0) is 15.0. The first-order chi connectivity index (χ1) is 10.1. The Morgan fingerprint density at radius 1 is 1.24 bits per heavy atom. The fourth-order valence-electron chi connectivity index (χ4n) is 2.97. The van der Waals surface area contributed by atoms with E-state index < -0.39 is 6.04 Å². The molecule has 1 aromatic carbocycles. The van der Waals surface area contributed by atoms with E-state index >= 15 is 0 Å². The molecule has 2 aliphatic rings. The molecule has 1 N–H and O–H groups in total. The van der Waals surface area contributed by atoms with Gasteiger partial charge in [-0.15, -0.1) is 0 Å². The lowest BCUT2D eigenvalue weighted by molar-refractivity contribution is -0.152. The maximum atomic E-state index is 12.3. The van der Waals surface area contributed by atoms with Crippen molar-refractivity contribution in [3.05, 3.63) is 35.9 Å². The number of piperazine rings is 1. The summed E-state index contributed by atoms with van der Waals surface area (Å²) in [6, 6.07) is 7.98. The van der Waals surface area contributed by atoms with Crippen LogP contribution in [0.4, 0.5) is 0 Å². The molecule has 0 bridgehead atoms. The average molecular weight is 287 g/mol. The Morgan fingerprint density at radius 2 is 1.95 bits per heavy atom. The summed E-state index contributed by atoms with van der Waals surface area (Å²) in [5.74, 6) is -0.375. The molecule has 110 valence electrons. The molecule has 0 saturated carbocycles. The van der Waals surface area contributed by atoms with Crippen molar-refractivity contribution in [2.75, 3.05) is 20.1 Å². The predicted octanol–water partition coefficient (Wildman–Crippen LogP) is -0.142. The number of amides is 3. The van der Waals surface area contributed by atoms with Crippen molar-refractivity contribution in [3.8, 4) is 0 Å². The first-order valence-electron chi connectivity index (χ1n) is 6.98. The number of carbonyl (C=O) groups excluding carboxylic acids is 3. The van der Waals surface area contributed by atoms with Crippen molar-refractivity contribution in [2.24, 2.45) is 0 Å². The summed E-state index contributed by atoms with van der Waals surface area (Å²) in [5, 5.41) is 2.89. The Balaban J connectivity index is 1.76. The van der Waals surface area contributed by atoms with Crippen molar-refractivity contribution >= 4 is 17.7 Å². The number of likely N-dealkylation sites (N-methyl/N-ethyl adjacent to an activating group) is 1. The zero-order valence-corrected chi connectivity index (χ0v) is 11.8. The third-order valence-corrected chi connectivity index (χ3v) is 4.07. The van der Waals surface area contributed by atoms with Gasteiger partial charge in [0.2, 0.25) is 11.8 Å². The molecule has 2 fully saturated rings. The quantitative estimate of drug-likeness (QED) is 0.823. The van der Waals surface area contributed by atoms with Gasteiger partial charge in [0.15, 0.2) is 0 Å². The number of hydrogen-bond acceptors (Lipinski definition) is 3. The Hall–Kier alpha value is -2.37. The van der Waals surface area contributed by atoms with Crippen molar-refractivity contribution in [3.63, 3.8) is 0 Å². The van der Waals surface area contributed by atoms with Crippen molar-refractivity contribution in [2.45, 2.75) is 18.5 Å². The van der Waals surface area contributed by atoms with Gasteiger partial charge in [0.05, 0.1) is 12.6 Å². The Morgan fingerprint density at radius 3 is 2.67 bits per heavy atom. The number of nitrogens with zero attached hydrogens (tertiary/aromatic N) is 2. The van der Waals surface area contributed by atoms with E-state index in [1.165, 1.54) is 4.90 Å². The highest BCUT2D eigenvalue weighted by molar-refractivity contribution is 5.98.